The first-order chi connectivity index (χ1) is 4.24. The van der Waals surface area contributed by atoms with Crippen LogP contribution in [0.1, 0.15) is 0 Å². The monoisotopic (exact) mass is 328 g/mol. The van der Waals surface area contributed by atoms with E-state index in [-0.39, 0.29) is 35.6 Å². The van der Waals surface area contributed by atoms with E-state index < -0.39 is 26.1 Å². The van der Waals surface area contributed by atoms with Crippen LogP contribution < -0.4 is 14.7 Å². The van der Waals surface area contributed by atoms with Crippen molar-refractivity contribution < 1.29 is 64.0 Å². The first kappa shape index (κ1) is 22.5. The van der Waals surface area contributed by atoms with Gasteiger partial charge in [0.2, 0.25) is 0 Å². The summed E-state index contributed by atoms with van der Waals surface area (Å²) in [4.78, 5) is 25.0. The maximum Gasteiger partial charge on any atom is 3.00 e. The van der Waals surface area contributed by atoms with Gasteiger partial charge in [0.05, 0.1) is 26.1 Å². The maximum absolute atomic E-state index is 8.35. The summed E-state index contributed by atoms with van der Waals surface area (Å²) in [5, 5.41) is 0. The van der Waals surface area contributed by atoms with Crippen molar-refractivity contribution in [2.24, 2.45) is 0 Å². The molecule has 0 N–H and O–H groups in total. The van der Waals surface area contributed by atoms with Crippen molar-refractivity contribution >= 4 is 26.1 Å². The van der Waals surface area contributed by atoms with E-state index in [9.17, 15) is 0 Å². The molecule has 0 aromatic rings. The van der Waals surface area contributed by atoms with Crippen molar-refractivity contribution in [1.82, 2.24) is 0 Å². The van der Waals surface area contributed by atoms with E-state index in [0.29, 0.717) is 0 Å². The van der Waals surface area contributed by atoms with Crippen LogP contribution in [0.2, 0.25) is 0 Å². The van der Waals surface area contributed by atoms with Gasteiger partial charge in [-0.15, -0.1) is 0 Å². The summed E-state index contributed by atoms with van der Waals surface area (Å²) < 4.78 is 25.0. The molecule has 0 spiro atoms. The van der Waals surface area contributed by atoms with Crippen LogP contribution in [0.3, 0.4) is 0 Å². The Labute approximate surface area is 89.5 Å². The molecule has 6 nitrogen and oxygen atoms in total. The third kappa shape index (κ3) is 348. The smallest absolute Gasteiger partial charge is 0.772 e. The molecule has 0 saturated carbocycles. The topological polar surface area (TPSA) is 120 Å². The molecule has 54 valence electrons. The second-order valence-electron chi connectivity index (χ2n) is 0.224. The zero-order valence-electron chi connectivity index (χ0n) is 4.37. The zero-order valence-corrected chi connectivity index (χ0v) is 10.7. The van der Waals surface area contributed by atoms with Crippen LogP contribution in [0.15, 0.2) is 0 Å². The molecule has 0 radical (unpaired) electrons. The maximum atomic E-state index is 8.35. The largest absolute Gasteiger partial charge is 3.00 e. The van der Waals surface area contributed by atoms with Crippen molar-refractivity contribution in [3.8, 4) is 0 Å². The summed E-state index contributed by atoms with van der Waals surface area (Å²) in [7, 11) is -3.25. The molecule has 0 aromatic heterocycles. The first-order valence-corrected chi connectivity index (χ1v) is 3.29. The fourth-order valence-electron chi connectivity index (χ4n) is 0. The normalized spacial score (nSPS) is 6.30. The molecule has 10 heavy (non-hydrogen) atoms. The number of hydrogen-bond donors (Lipinski definition) is 0. The minimum atomic E-state index is -1.08. The summed E-state index contributed by atoms with van der Waals surface area (Å²) >= 11 is 0. The Balaban J connectivity index is -0.0000000257. The van der Waals surface area contributed by atoms with Gasteiger partial charge in [0.25, 0.3) is 0 Å². The quantitative estimate of drug-likeness (QED) is 0.508. The Morgan fingerprint density at radius 2 is 0.700 bits per heavy atom. The Morgan fingerprint density at radius 1 is 0.700 bits per heavy atom. The van der Waals surface area contributed by atoms with Crippen LogP contribution in [0, 0.1) is 35.6 Å². The van der Waals surface area contributed by atoms with Crippen LogP contribution in [0.5, 0.6) is 0 Å². The molecule has 0 aliphatic rings. The molecule has 0 heterocycles. The fourth-order valence-corrected chi connectivity index (χ4v) is 0. The third-order valence-electron chi connectivity index (χ3n) is 0. The Kier molecular flexibility index (Phi) is 107. The number of hydrogen-bond acceptors (Lipinski definition) is 6. The van der Waals surface area contributed by atoms with E-state index in [2.05, 4.69) is 0 Å². The van der Waals surface area contributed by atoms with Crippen molar-refractivity contribution in [1.29, 1.82) is 0 Å². The van der Waals surface area contributed by atoms with E-state index in [1.807, 2.05) is 0 Å². The SMILES string of the molecule is O=P[O-].O=P[O-].O=P[O-].[La+3]. The molecule has 0 atom stereocenters. The van der Waals surface area contributed by atoms with E-state index in [1.54, 1.807) is 0 Å². The van der Waals surface area contributed by atoms with E-state index in [4.69, 9.17) is 28.4 Å². The van der Waals surface area contributed by atoms with E-state index in [1.165, 1.54) is 0 Å². The summed E-state index contributed by atoms with van der Waals surface area (Å²) in [6.45, 7) is 0. The van der Waals surface area contributed by atoms with Gasteiger partial charge in [-0.05, 0) is 0 Å². The predicted molar refractivity (Wildman–Crippen MR) is 22.8 cm³/mol. The Hall–Kier alpha value is 1.37. The first-order valence-electron chi connectivity index (χ1n) is 1.10. The van der Waals surface area contributed by atoms with Crippen molar-refractivity contribution in [2.45, 2.75) is 0 Å². The summed E-state index contributed by atoms with van der Waals surface area (Å²) in [6.07, 6.45) is 0. The van der Waals surface area contributed by atoms with E-state index in [0.717, 1.165) is 0 Å². The average molecular weight is 328 g/mol. The average Bonchev–Trinajstić information content (AvgIpc) is 1.70. The van der Waals surface area contributed by atoms with Crippen LogP contribution in [0.4, 0.5) is 0 Å². The van der Waals surface area contributed by atoms with E-state index >= 15 is 0 Å². The minimum absolute atomic E-state index is 0. The van der Waals surface area contributed by atoms with Gasteiger partial charge < -0.3 is 14.7 Å². The standard InChI is InChI=1S/La.3HO2P/c;3*1-3-2/h;3*(H,1,2)/q+3;;;/p-3. The molecular formula is LaO6P3. The van der Waals surface area contributed by atoms with Crippen LogP contribution in [-0.2, 0) is 13.7 Å². The van der Waals surface area contributed by atoms with Gasteiger partial charge in [-0.25, -0.2) is 0 Å². The van der Waals surface area contributed by atoms with Crippen molar-refractivity contribution in [3.63, 3.8) is 0 Å². The second kappa shape index (κ2) is 47.6. The zero-order chi connectivity index (χ0) is 8.12. The molecule has 0 aromatic carbocycles. The molecule has 0 aliphatic carbocycles. The predicted octanol–water partition coefficient (Wildman–Crippen LogP) is -1.34. The molecule has 0 rings (SSSR count). The fraction of sp³-hybridized carbons (Fsp3) is 0. The van der Waals surface area contributed by atoms with Gasteiger partial charge in [0.1, 0.15) is 0 Å². The number of rotatable bonds is 0. The Bertz CT molecular complexity index is 49.7. The van der Waals surface area contributed by atoms with Gasteiger partial charge in [0.15, 0.2) is 0 Å². The van der Waals surface area contributed by atoms with Crippen molar-refractivity contribution in [2.75, 3.05) is 0 Å². The molecular weight excluding hydrogens is 328 g/mol. The van der Waals surface area contributed by atoms with Crippen LogP contribution >= 0.6 is 26.1 Å². The molecule has 0 saturated heterocycles. The second-order valence-corrected chi connectivity index (χ2v) is 0.671. The summed E-state index contributed by atoms with van der Waals surface area (Å²) in [6, 6.07) is 0. The van der Waals surface area contributed by atoms with Crippen LogP contribution in [0.25, 0.3) is 0 Å². The molecule has 0 bridgehead atoms. The summed E-state index contributed by atoms with van der Waals surface area (Å²) in [5.41, 5.74) is 0. The van der Waals surface area contributed by atoms with Gasteiger partial charge in [-0.1, -0.05) is 0 Å². The third-order valence-corrected chi connectivity index (χ3v) is 0. The summed E-state index contributed by atoms with van der Waals surface area (Å²) in [5.74, 6) is 0. The minimum Gasteiger partial charge on any atom is -0.772 e. The van der Waals surface area contributed by atoms with Crippen LogP contribution in [-0.4, -0.2) is 0 Å². The molecule has 0 amide bonds. The van der Waals surface area contributed by atoms with Gasteiger partial charge in [0, 0.05) is 0 Å². The molecule has 0 unspecified atom stereocenters. The molecule has 0 fully saturated rings. The van der Waals surface area contributed by atoms with Gasteiger partial charge in [-0.3, -0.25) is 13.7 Å². The molecule has 10 heteroatoms. The van der Waals surface area contributed by atoms with Crippen molar-refractivity contribution in [3.05, 3.63) is 0 Å². The Morgan fingerprint density at radius 3 is 0.700 bits per heavy atom. The van der Waals surface area contributed by atoms with Gasteiger partial charge in [-0.2, -0.15) is 0 Å². The molecule has 0 aliphatic heterocycles. The van der Waals surface area contributed by atoms with Gasteiger partial charge >= 0.3 is 35.6 Å².